The molecule has 2 heteroatoms. The van der Waals surface area contributed by atoms with Crippen LogP contribution in [0.1, 0.15) is 66.2 Å². The first-order valence-corrected chi connectivity index (χ1v) is 7.05. The molecule has 2 nitrogen and oxygen atoms in total. The van der Waals surface area contributed by atoms with E-state index in [1.54, 1.807) is 0 Å². The van der Waals surface area contributed by atoms with Crippen LogP contribution in [0.15, 0.2) is 0 Å². The summed E-state index contributed by atoms with van der Waals surface area (Å²) in [7, 11) is 0. The van der Waals surface area contributed by atoms with Crippen LogP contribution in [0.4, 0.5) is 0 Å². The lowest BCUT2D eigenvalue weighted by Crippen LogP contribution is -2.29. The summed E-state index contributed by atoms with van der Waals surface area (Å²) in [6.07, 6.45) is 8.02. The summed E-state index contributed by atoms with van der Waals surface area (Å²) in [6.45, 7) is 10.8. The van der Waals surface area contributed by atoms with Gasteiger partial charge in [-0.15, -0.1) is 0 Å². The SMILES string of the molecule is CCCCC(CC)NCCCCOC(C)C. The molecule has 0 bridgehead atoms. The molecule has 0 rings (SSSR count). The molecular weight excluding hydrogens is 198 g/mol. The van der Waals surface area contributed by atoms with Gasteiger partial charge in [0.1, 0.15) is 0 Å². The minimum atomic E-state index is 0.376. The Labute approximate surface area is 102 Å². The first-order chi connectivity index (χ1) is 7.70. The highest BCUT2D eigenvalue weighted by Gasteiger charge is 2.03. The third kappa shape index (κ3) is 10.4. The molecule has 0 saturated carbocycles. The van der Waals surface area contributed by atoms with Crippen LogP contribution in [0.5, 0.6) is 0 Å². The second kappa shape index (κ2) is 11.4. The van der Waals surface area contributed by atoms with E-state index < -0.39 is 0 Å². The number of unbranched alkanes of at least 4 members (excludes halogenated alkanes) is 2. The van der Waals surface area contributed by atoms with Crippen molar-refractivity contribution >= 4 is 0 Å². The highest BCUT2D eigenvalue weighted by atomic mass is 16.5. The van der Waals surface area contributed by atoms with Gasteiger partial charge in [0, 0.05) is 12.6 Å². The summed E-state index contributed by atoms with van der Waals surface area (Å²) in [4.78, 5) is 0. The second-order valence-corrected chi connectivity index (χ2v) is 4.83. The maximum Gasteiger partial charge on any atom is 0.0518 e. The highest BCUT2D eigenvalue weighted by molar-refractivity contribution is 4.64. The summed E-state index contributed by atoms with van der Waals surface area (Å²) >= 11 is 0. The number of rotatable bonds is 11. The molecule has 0 saturated heterocycles. The molecule has 0 aliphatic rings. The first-order valence-electron chi connectivity index (χ1n) is 7.05. The number of hydrogen-bond acceptors (Lipinski definition) is 2. The molecule has 0 aromatic carbocycles. The van der Waals surface area contributed by atoms with Crippen molar-refractivity contribution < 1.29 is 4.74 Å². The summed E-state index contributed by atoms with van der Waals surface area (Å²) in [5.41, 5.74) is 0. The molecule has 0 heterocycles. The Balaban J connectivity index is 3.27. The molecule has 98 valence electrons. The molecule has 0 aromatic rings. The Kier molecular flexibility index (Phi) is 11.3. The van der Waals surface area contributed by atoms with Crippen LogP contribution in [0.3, 0.4) is 0 Å². The Morgan fingerprint density at radius 2 is 1.81 bits per heavy atom. The van der Waals surface area contributed by atoms with E-state index >= 15 is 0 Å². The molecule has 1 atom stereocenters. The summed E-state index contributed by atoms with van der Waals surface area (Å²) in [6, 6.07) is 0.728. The molecule has 0 aromatic heterocycles. The fourth-order valence-electron chi connectivity index (χ4n) is 1.75. The summed E-state index contributed by atoms with van der Waals surface area (Å²) in [5, 5.41) is 3.64. The van der Waals surface area contributed by atoms with Gasteiger partial charge in [0.25, 0.3) is 0 Å². The minimum absolute atomic E-state index is 0.376. The Morgan fingerprint density at radius 3 is 2.38 bits per heavy atom. The van der Waals surface area contributed by atoms with E-state index in [0.717, 1.165) is 19.2 Å². The van der Waals surface area contributed by atoms with E-state index in [9.17, 15) is 0 Å². The molecule has 1 N–H and O–H groups in total. The Morgan fingerprint density at radius 1 is 1.06 bits per heavy atom. The van der Waals surface area contributed by atoms with Gasteiger partial charge < -0.3 is 10.1 Å². The van der Waals surface area contributed by atoms with Gasteiger partial charge in [-0.25, -0.2) is 0 Å². The first kappa shape index (κ1) is 15.9. The minimum Gasteiger partial charge on any atom is -0.379 e. The zero-order valence-electron chi connectivity index (χ0n) is 11.7. The maximum atomic E-state index is 5.51. The Hall–Kier alpha value is -0.0800. The van der Waals surface area contributed by atoms with Gasteiger partial charge in [0.15, 0.2) is 0 Å². The maximum absolute atomic E-state index is 5.51. The van der Waals surface area contributed by atoms with E-state index in [1.807, 2.05) is 0 Å². The smallest absolute Gasteiger partial charge is 0.0518 e. The normalized spacial score (nSPS) is 13.3. The highest BCUT2D eigenvalue weighted by Crippen LogP contribution is 2.04. The van der Waals surface area contributed by atoms with Crippen molar-refractivity contribution in [3.8, 4) is 0 Å². The van der Waals surface area contributed by atoms with Crippen molar-refractivity contribution in [3.63, 3.8) is 0 Å². The molecule has 0 spiro atoms. The van der Waals surface area contributed by atoms with Gasteiger partial charge in [0.2, 0.25) is 0 Å². The predicted octanol–water partition coefficient (Wildman–Crippen LogP) is 3.75. The topological polar surface area (TPSA) is 21.3 Å². The lowest BCUT2D eigenvalue weighted by molar-refractivity contribution is 0.0759. The third-order valence-electron chi connectivity index (χ3n) is 2.85. The van der Waals surface area contributed by atoms with Crippen molar-refractivity contribution in [1.82, 2.24) is 5.32 Å². The van der Waals surface area contributed by atoms with Gasteiger partial charge in [-0.05, 0) is 46.1 Å². The molecule has 0 fully saturated rings. The van der Waals surface area contributed by atoms with Crippen molar-refractivity contribution in [2.24, 2.45) is 0 Å². The zero-order chi connectivity index (χ0) is 12.2. The summed E-state index contributed by atoms with van der Waals surface area (Å²) in [5.74, 6) is 0. The van der Waals surface area contributed by atoms with E-state index in [-0.39, 0.29) is 0 Å². The van der Waals surface area contributed by atoms with Crippen molar-refractivity contribution in [1.29, 1.82) is 0 Å². The molecule has 0 radical (unpaired) electrons. The number of ether oxygens (including phenoxy) is 1. The molecule has 0 amide bonds. The number of hydrogen-bond donors (Lipinski definition) is 1. The fraction of sp³-hybridized carbons (Fsp3) is 1.00. The Bertz CT molecular complexity index is 137. The molecule has 16 heavy (non-hydrogen) atoms. The summed E-state index contributed by atoms with van der Waals surface area (Å²) < 4.78 is 5.51. The van der Waals surface area contributed by atoms with E-state index in [2.05, 4.69) is 33.0 Å². The second-order valence-electron chi connectivity index (χ2n) is 4.83. The van der Waals surface area contributed by atoms with Crippen molar-refractivity contribution in [2.75, 3.05) is 13.2 Å². The average Bonchev–Trinajstić information content (AvgIpc) is 2.26. The number of nitrogens with one attached hydrogen (secondary N) is 1. The molecular formula is C14H31NO. The van der Waals surface area contributed by atoms with Crippen LogP contribution in [-0.4, -0.2) is 25.3 Å². The van der Waals surface area contributed by atoms with Crippen LogP contribution in [0, 0.1) is 0 Å². The quantitative estimate of drug-likeness (QED) is 0.545. The van der Waals surface area contributed by atoms with Crippen LogP contribution < -0.4 is 5.32 Å². The lowest BCUT2D eigenvalue weighted by atomic mass is 10.1. The van der Waals surface area contributed by atoms with Crippen LogP contribution in [0.25, 0.3) is 0 Å². The van der Waals surface area contributed by atoms with Crippen LogP contribution in [0.2, 0.25) is 0 Å². The third-order valence-corrected chi connectivity index (χ3v) is 2.85. The van der Waals surface area contributed by atoms with Gasteiger partial charge in [-0.2, -0.15) is 0 Å². The molecule has 0 aliphatic heterocycles. The van der Waals surface area contributed by atoms with Crippen LogP contribution >= 0.6 is 0 Å². The average molecular weight is 229 g/mol. The van der Waals surface area contributed by atoms with Crippen molar-refractivity contribution in [2.45, 2.75) is 78.4 Å². The van der Waals surface area contributed by atoms with Crippen LogP contribution in [-0.2, 0) is 4.74 Å². The molecule has 0 aliphatic carbocycles. The standard InChI is InChI=1S/C14H31NO/c1-5-7-10-14(6-2)15-11-8-9-12-16-13(3)4/h13-15H,5-12H2,1-4H3. The fourth-order valence-corrected chi connectivity index (χ4v) is 1.75. The zero-order valence-corrected chi connectivity index (χ0v) is 11.7. The van der Waals surface area contributed by atoms with E-state index in [4.69, 9.17) is 4.74 Å². The predicted molar refractivity (Wildman–Crippen MR) is 71.9 cm³/mol. The largest absolute Gasteiger partial charge is 0.379 e. The monoisotopic (exact) mass is 229 g/mol. The van der Waals surface area contributed by atoms with E-state index in [1.165, 1.54) is 38.5 Å². The van der Waals surface area contributed by atoms with E-state index in [0.29, 0.717) is 6.10 Å². The van der Waals surface area contributed by atoms with Gasteiger partial charge >= 0.3 is 0 Å². The van der Waals surface area contributed by atoms with Gasteiger partial charge in [-0.3, -0.25) is 0 Å². The van der Waals surface area contributed by atoms with Gasteiger partial charge in [-0.1, -0.05) is 26.7 Å². The van der Waals surface area contributed by atoms with Crippen molar-refractivity contribution in [3.05, 3.63) is 0 Å². The van der Waals surface area contributed by atoms with Gasteiger partial charge in [0.05, 0.1) is 6.10 Å². The molecule has 1 unspecified atom stereocenters. The lowest BCUT2D eigenvalue weighted by Gasteiger charge is -2.16.